The van der Waals surface area contributed by atoms with Crippen LogP contribution in [0, 0.1) is 22.7 Å². The Morgan fingerprint density at radius 2 is 1.43 bits per heavy atom. The minimum atomic E-state index is -2.38. The molecule has 9 nitrogen and oxygen atoms in total. The Kier molecular flexibility index (Phi) is 11.9. The Balaban J connectivity index is 1.86. The van der Waals surface area contributed by atoms with E-state index < -0.39 is 86.7 Å². The van der Waals surface area contributed by atoms with Crippen LogP contribution >= 0.6 is 0 Å². The fourth-order valence-electron chi connectivity index (χ4n) is 11.1. The minimum Gasteiger partial charge on any atom is -0.458 e. The summed E-state index contributed by atoms with van der Waals surface area (Å²) in [5.74, 6) is -2.83. The van der Waals surface area contributed by atoms with Crippen LogP contribution in [-0.4, -0.2) is 80.2 Å². The molecule has 0 unspecified atom stereocenters. The van der Waals surface area contributed by atoms with Crippen LogP contribution in [0.2, 0.25) is 36.3 Å². The van der Waals surface area contributed by atoms with Crippen molar-refractivity contribution in [2.24, 2.45) is 22.7 Å². The van der Waals surface area contributed by atoms with Gasteiger partial charge in [-0.3, -0.25) is 9.59 Å². The first kappa shape index (κ1) is 42.0. The summed E-state index contributed by atoms with van der Waals surface area (Å²) < 4.78 is 27.7. The Morgan fingerprint density at radius 3 is 1.92 bits per heavy atom. The summed E-state index contributed by atoms with van der Waals surface area (Å²) in [6.07, 6.45) is -2.53. The Labute approximate surface area is 319 Å². The normalized spacial score (nSPS) is 35.3. The molecule has 0 radical (unpaired) electrons. The number of aliphatic hydroxyl groups is 2. The maximum absolute atomic E-state index is 15.7. The highest BCUT2D eigenvalue weighted by molar-refractivity contribution is 6.74. The van der Waals surface area contributed by atoms with Crippen LogP contribution in [0.4, 0.5) is 0 Å². The number of carbonyl (C=O) groups excluding carboxylic acids is 3. The summed E-state index contributed by atoms with van der Waals surface area (Å²) in [7, 11) is -4.68. The number of esters is 2. The predicted molar refractivity (Wildman–Crippen MR) is 210 cm³/mol. The fraction of sp³-hybridized carbons (Fsp3) is 0.738. The summed E-state index contributed by atoms with van der Waals surface area (Å²) in [6, 6.07) is 13.8. The maximum atomic E-state index is 15.7. The predicted octanol–water partition coefficient (Wildman–Crippen LogP) is 8.15. The monoisotopic (exact) mass is 770 g/mol. The van der Waals surface area contributed by atoms with Crippen molar-refractivity contribution in [1.29, 1.82) is 0 Å². The molecule has 0 aromatic heterocycles. The second-order valence-corrected chi connectivity index (χ2v) is 26.7. The van der Waals surface area contributed by atoms with Crippen molar-refractivity contribution < 1.29 is 42.9 Å². The van der Waals surface area contributed by atoms with Crippen LogP contribution in [-0.2, 0) is 27.9 Å². The summed E-state index contributed by atoms with van der Waals surface area (Å²) in [4.78, 5) is 43.3. The summed E-state index contributed by atoms with van der Waals surface area (Å²) >= 11 is 0. The van der Waals surface area contributed by atoms with Gasteiger partial charge in [0.15, 0.2) is 22.4 Å². The highest BCUT2D eigenvalue weighted by atomic mass is 28.4. The zero-order valence-corrected chi connectivity index (χ0v) is 36.2. The van der Waals surface area contributed by atoms with Crippen LogP contribution in [0.25, 0.3) is 0 Å². The number of hydrogen-bond donors (Lipinski definition) is 2. The van der Waals surface area contributed by atoms with Crippen molar-refractivity contribution in [2.45, 2.75) is 174 Å². The largest absolute Gasteiger partial charge is 0.458 e. The van der Waals surface area contributed by atoms with Crippen molar-refractivity contribution in [3.05, 3.63) is 47.0 Å². The molecule has 0 aliphatic heterocycles. The van der Waals surface area contributed by atoms with Gasteiger partial charge in [0, 0.05) is 24.7 Å². The first-order valence-corrected chi connectivity index (χ1v) is 25.4. The first-order chi connectivity index (χ1) is 24.9. The molecular formula is C42H66O9Si2. The lowest BCUT2D eigenvalue weighted by atomic mass is 9.41. The minimum absolute atomic E-state index is 0.0776. The molecule has 4 aliphatic carbocycles. The van der Waals surface area contributed by atoms with Gasteiger partial charge in [-0.25, -0.2) is 4.79 Å². The molecule has 2 bridgehead atoms. The average molecular weight is 771 g/mol. The molecule has 3 saturated carbocycles. The molecule has 296 valence electrons. The van der Waals surface area contributed by atoms with E-state index in [1.165, 1.54) is 6.92 Å². The summed E-state index contributed by atoms with van der Waals surface area (Å²) in [5, 5.41) is 26.5. The Bertz CT molecular complexity index is 1550. The Morgan fingerprint density at radius 1 is 0.887 bits per heavy atom. The quantitative estimate of drug-likeness (QED) is 0.116. The van der Waals surface area contributed by atoms with Crippen molar-refractivity contribution >= 4 is 34.4 Å². The molecule has 0 saturated heterocycles. The first-order valence-electron chi connectivity index (χ1n) is 20.3. The van der Waals surface area contributed by atoms with Gasteiger partial charge >= 0.3 is 11.9 Å². The summed E-state index contributed by atoms with van der Waals surface area (Å²) in [6.45, 7) is 21.6. The van der Waals surface area contributed by atoms with E-state index in [0.29, 0.717) is 24.0 Å². The van der Waals surface area contributed by atoms with Crippen molar-refractivity contribution in [3.63, 3.8) is 0 Å². The number of ether oxygens (including phenoxy) is 2. The topological polar surface area (TPSA) is 129 Å². The summed E-state index contributed by atoms with van der Waals surface area (Å²) in [5.41, 5.74) is -4.41. The molecule has 1 aromatic carbocycles. The molecule has 3 fully saturated rings. The number of rotatable bonds is 13. The van der Waals surface area contributed by atoms with Crippen LogP contribution in [0.3, 0.4) is 0 Å². The highest BCUT2D eigenvalue weighted by Gasteiger charge is 2.77. The molecule has 4 aliphatic rings. The van der Waals surface area contributed by atoms with E-state index >= 15 is 4.79 Å². The third-order valence-electron chi connectivity index (χ3n) is 15.1. The average Bonchev–Trinajstić information content (AvgIpc) is 3.13. The van der Waals surface area contributed by atoms with Gasteiger partial charge in [0.2, 0.25) is 0 Å². The van der Waals surface area contributed by atoms with Crippen LogP contribution in [0.5, 0.6) is 0 Å². The van der Waals surface area contributed by atoms with Crippen molar-refractivity contribution in [3.8, 4) is 0 Å². The number of carbonyl (C=O) groups is 3. The zero-order valence-electron chi connectivity index (χ0n) is 34.2. The molecule has 0 heterocycles. The Hall–Kier alpha value is -2.16. The van der Waals surface area contributed by atoms with E-state index in [1.54, 1.807) is 24.3 Å². The number of hydrogen-bond acceptors (Lipinski definition) is 9. The molecule has 0 amide bonds. The SMILES string of the molecule is CC[Si](CC)(CC)O[C@H]1C[C@@]2(O)[C@@H](OC(=O)c3ccccc3)[C@@H]3[C@]4(OC(C)=O)CC[C@@H]4C[C@H](O[Si](CC)(CC)CC)[C@@]3(C)C(=O)[C@H](O)C(=C1C)C2(C)C. The van der Waals surface area contributed by atoms with Gasteiger partial charge in [-0.15, -0.1) is 0 Å². The van der Waals surface area contributed by atoms with Gasteiger partial charge in [0.1, 0.15) is 23.4 Å². The molecule has 5 rings (SSSR count). The molecular weight excluding hydrogens is 705 g/mol. The molecule has 2 N–H and O–H groups in total. The lowest BCUT2D eigenvalue weighted by Crippen LogP contribution is -2.79. The van der Waals surface area contributed by atoms with E-state index in [2.05, 4.69) is 41.5 Å². The molecule has 11 heteroatoms. The third-order valence-corrected chi connectivity index (χ3v) is 24.4. The van der Waals surface area contributed by atoms with Gasteiger partial charge < -0.3 is 28.5 Å². The smallest absolute Gasteiger partial charge is 0.338 e. The lowest BCUT2D eigenvalue weighted by molar-refractivity contribution is -0.294. The fourth-order valence-corrected chi connectivity index (χ4v) is 16.9. The van der Waals surface area contributed by atoms with Crippen molar-refractivity contribution in [1.82, 2.24) is 0 Å². The van der Waals surface area contributed by atoms with Crippen LogP contribution < -0.4 is 0 Å². The molecule has 53 heavy (non-hydrogen) atoms. The number of aliphatic hydroxyl groups excluding tert-OH is 1. The second-order valence-electron chi connectivity index (χ2n) is 17.3. The van der Waals surface area contributed by atoms with Gasteiger partial charge in [0.05, 0.1) is 29.1 Å². The van der Waals surface area contributed by atoms with Crippen molar-refractivity contribution in [2.75, 3.05) is 0 Å². The van der Waals surface area contributed by atoms with Crippen LogP contribution in [0.1, 0.15) is 112 Å². The van der Waals surface area contributed by atoms with E-state index in [4.69, 9.17) is 18.3 Å². The van der Waals surface area contributed by atoms with Crippen LogP contribution in [0.15, 0.2) is 41.5 Å². The number of Topliss-reactive ketones (excluding diaryl/α,β-unsaturated/α-hetero) is 1. The van der Waals surface area contributed by atoms with E-state index in [1.807, 2.05) is 33.8 Å². The van der Waals surface area contributed by atoms with E-state index in [0.717, 1.165) is 48.3 Å². The van der Waals surface area contributed by atoms with E-state index in [-0.39, 0.29) is 12.3 Å². The zero-order chi connectivity index (χ0) is 39.4. The number of fused-ring (bicyclic) bond motifs is 5. The van der Waals surface area contributed by atoms with E-state index in [9.17, 15) is 19.8 Å². The second kappa shape index (κ2) is 15.1. The van der Waals surface area contributed by atoms with Gasteiger partial charge in [-0.1, -0.05) is 73.6 Å². The molecule has 0 spiro atoms. The van der Waals surface area contributed by atoms with Gasteiger partial charge in [-0.05, 0) is 92.7 Å². The third kappa shape index (κ3) is 6.47. The lowest BCUT2D eigenvalue weighted by Gasteiger charge is -2.69. The number of benzene rings is 1. The standard InChI is InChI=1S/C42H66O9Si2/c1-12-52(13-2,14-3)50-31-26-42(47)37(48-38(46)29-21-19-18-20-22-29)35-40(11,36(45)34(44)33(27(31)7)39(42,9)10)32(51-53(15-4,16-5)17-6)25-30-23-24-41(30,35)49-28(8)43/h18-22,30-32,34-35,37,44,47H,12-17,23-26H2,1-11H3/t30-,31+,32+,34-,35+,37+,40-,41+,42-/m1/s1. The molecule has 1 aromatic rings. The molecule has 9 atom stereocenters. The van der Waals surface area contributed by atoms with Gasteiger partial charge in [0.25, 0.3) is 0 Å². The maximum Gasteiger partial charge on any atom is 0.338 e. The van der Waals surface area contributed by atoms with Gasteiger partial charge in [-0.2, -0.15) is 0 Å². The highest BCUT2D eigenvalue weighted by Crippen LogP contribution is 2.68. The number of ketones is 1.